The summed E-state index contributed by atoms with van der Waals surface area (Å²) in [6, 6.07) is 14.8. The van der Waals surface area contributed by atoms with Crippen LogP contribution in [0.4, 0.5) is 0 Å². The zero-order valence-electron chi connectivity index (χ0n) is 9.64. The van der Waals surface area contributed by atoms with Crippen molar-refractivity contribution in [1.82, 2.24) is 0 Å². The van der Waals surface area contributed by atoms with Crippen LogP contribution in [0.2, 0.25) is 0 Å². The molecular weight excluding hydrogens is 288 g/mol. The molecule has 0 amide bonds. The Labute approximate surface area is 114 Å². The third-order valence-electron chi connectivity index (χ3n) is 3.65. The Morgan fingerprint density at radius 2 is 1.72 bits per heavy atom. The van der Waals surface area contributed by atoms with Crippen LogP contribution < -0.4 is 15.2 Å². The van der Waals surface area contributed by atoms with Crippen LogP contribution in [0, 0.1) is 0 Å². The van der Waals surface area contributed by atoms with Gasteiger partial charge in [-0.3, -0.25) is 0 Å². The average molecular weight is 299 g/mol. The van der Waals surface area contributed by atoms with E-state index in [1.54, 1.807) is 0 Å². The molecule has 0 radical (unpaired) electrons. The number of ether oxygens (including phenoxy) is 1. The first kappa shape index (κ1) is 10.4. The van der Waals surface area contributed by atoms with E-state index in [2.05, 4.69) is 70.5 Å². The van der Waals surface area contributed by atoms with Crippen LogP contribution in [-0.2, 0) is 0 Å². The maximum absolute atomic E-state index is 6.03. The van der Waals surface area contributed by atoms with Gasteiger partial charge in [0, 0.05) is 16.0 Å². The minimum absolute atomic E-state index is 0.143. The van der Waals surface area contributed by atoms with E-state index >= 15 is 0 Å². The molecule has 4 rings (SSSR count). The van der Waals surface area contributed by atoms with Gasteiger partial charge in [-0.25, -0.2) is 0 Å². The van der Waals surface area contributed by atoms with E-state index in [-0.39, 0.29) is 6.10 Å². The van der Waals surface area contributed by atoms with Gasteiger partial charge in [-0.1, -0.05) is 52.3 Å². The Kier molecular flexibility index (Phi) is 2.15. The summed E-state index contributed by atoms with van der Waals surface area (Å²) in [5, 5.41) is 2.57. The Balaban J connectivity index is 1.93. The second-order valence-corrected chi connectivity index (χ2v) is 5.67. The molecule has 2 unspecified atom stereocenters. The van der Waals surface area contributed by atoms with E-state index in [0.29, 0.717) is 5.92 Å². The molecule has 1 nitrogen and oxygen atoms in total. The van der Waals surface area contributed by atoms with Crippen molar-refractivity contribution in [2.75, 3.05) is 0 Å². The lowest BCUT2D eigenvalue weighted by Crippen LogP contribution is -2.33. The first-order valence-corrected chi connectivity index (χ1v) is 6.85. The quantitative estimate of drug-likeness (QED) is 0.726. The highest BCUT2D eigenvalue weighted by atomic mass is 79.9. The topological polar surface area (TPSA) is 9.23 Å². The van der Waals surface area contributed by atoms with Crippen LogP contribution in [0.3, 0.4) is 0 Å². The molecule has 2 aromatic carbocycles. The molecule has 2 atom stereocenters. The van der Waals surface area contributed by atoms with Gasteiger partial charge in [-0.05, 0) is 28.6 Å². The van der Waals surface area contributed by atoms with E-state index in [0.717, 1.165) is 10.2 Å². The van der Waals surface area contributed by atoms with E-state index in [9.17, 15) is 0 Å². The van der Waals surface area contributed by atoms with Crippen LogP contribution >= 0.6 is 15.9 Å². The average Bonchev–Trinajstić information content (AvgIpc) is 2.72. The number of hydrogen-bond donors (Lipinski definition) is 0. The highest BCUT2D eigenvalue weighted by molar-refractivity contribution is 9.10. The fourth-order valence-electron chi connectivity index (χ4n) is 2.79. The lowest BCUT2D eigenvalue weighted by Gasteiger charge is -2.15. The number of rotatable bonds is 0. The molecule has 0 N–H and O–H groups in total. The smallest absolute Gasteiger partial charge is 0.128 e. The number of hydrogen-bond acceptors (Lipinski definition) is 1. The molecule has 18 heavy (non-hydrogen) atoms. The van der Waals surface area contributed by atoms with E-state index in [1.807, 2.05) is 0 Å². The molecule has 2 heteroatoms. The number of benzene rings is 2. The largest absolute Gasteiger partial charge is 0.485 e. The molecule has 0 bridgehead atoms. The summed E-state index contributed by atoms with van der Waals surface area (Å²) in [7, 11) is 0. The summed E-state index contributed by atoms with van der Waals surface area (Å²) in [5.41, 5.74) is 1.29. The summed E-state index contributed by atoms with van der Waals surface area (Å²) >= 11 is 3.49. The van der Waals surface area contributed by atoms with Crippen LogP contribution in [0.15, 0.2) is 46.9 Å². The highest BCUT2D eigenvalue weighted by Gasteiger charge is 2.32. The predicted octanol–water partition coefficient (Wildman–Crippen LogP) is 2.57. The number of fused-ring (bicyclic) bond motifs is 4. The van der Waals surface area contributed by atoms with Gasteiger partial charge in [0.05, 0.1) is 0 Å². The molecule has 1 aliphatic heterocycles. The summed E-state index contributed by atoms with van der Waals surface area (Å²) in [6.45, 7) is 0. The summed E-state index contributed by atoms with van der Waals surface area (Å²) < 4.78 is 7.10. The van der Waals surface area contributed by atoms with Gasteiger partial charge in [-0.2, -0.15) is 0 Å². The second kappa shape index (κ2) is 3.72. The molecule has 1 aliphatic carbocycles. The van der Waals surface area contributed by atoms with E-state index < -0.39 is 0 Å². The van der Waals surface area contributed by atoms with Crippen molar-refractivity contribution in [2.45, 2.75) is 12.0 Å². The van der Waals surface area contributed by atoms with E-state index in [4.69, 9.17) is 4.74 Å². The van der Waals surface area contributed by atoms with Crippen molar-refractivity contribution in [3.63, 3.8) is 0 Å². The molecule has 0 fully saturated rings. The van der Waals surface area contributed by atoms with Crippen LogP contribution in [-0.4, -0.2) is 6.10 Å². The molecule has 2 aliphatic rings. The lowest BCUT2D eigenvalue weighted by molar-refractivity contribution is 0.288. The molecule has 88 valence electrons. The van der Waals surface area contributed by atoms with Gasteiger partial charge >= 0.3 is 0 Å². The van der Waals surface area contributed by atoms with Crippen molar-refractivity contribution in [2.24, 2.45) is 0 Å². The summed E-state index contributed by atoms with van der Waals surface area (Å²) in [4.78, 5) is 0. The third-order valence-corrected chi connectivity index (χ3v) is 4.14. The minimum atomic E-state index is 0.143. The standard InChI is InChI=1S/C16H11BrO/c17-12-5-6-13-14-7-10-3-1-2-4-11(10)8-15(14)18-16(13)9-12/h1-9,14-15H. The summed E-state index contributed by atoms with van der Waals surface area (Å²) in [6.07, 6.45) is 4.69. The first-order valence-electron chi connectivity index (χ1n) is 6.06. The van der Waals surface area contributed by atoms with Crippen LogP contribution in [0.1, 0.15) is 11.5 Å². The van der Waals surface area contributed by atoms with Crippen molar-refractivity contribution < 1.29 is 4.74 Å². The van der Waals surface area contributed by atoms with Crippen LogP contribution in [0.5, 0.6) is 5.75 Å². The monoisotopic (exact) mass is 298 g/mol. The molecule has 0 saturated carbocycles. The van der Waals surface area contributed by atoms with Gasteiger partial charge in [-0.15, -0.1) is 0 Å². The molecule has 0 aromatic heterocycles. The Morgan fingerprint density at radius 3 is 2.56 bits per heavy atom. The molecule has 0 spiro atoms. The van der Waals surface area contributed by atoms with Crippen molar-refractivity contribution in [3.05, 3.63) is 62.9 Å². The maximum atomic E-state index is 6.03. The fourth-order valence-corrected chi connectivity index (χ4v) is 3.13. The molecule has 1 heterocycles. The van der Waals surface area contributed by atoms with Gasteiger partial charge in [0.1, 0.15) is 11.9 Å². The Morgan fingerprint density at radius 1 is 0.944 bits per heavy atom. The molecule has 0 saturated heterocycles. The first-order chi connectivity index (χ1) is 8.81. The van der Waals surface area contributed by atoms with Crippen molar-refractivity contribution in [1.29, 1.82) is 0 Å². The molecular formula is C16H11BrO. The molecule has 2 aromatic rings. The lowest BCUT2D eigenvalue weighted by atomic mass is 9.90. The zero-order valence-corrected chi connectivity index (χ0v) is 11.2. The minimum Gasteiger partial charge on any atom is -0.485 e. The normalized spacial score (nSPS) is 22.9. The SMILES string of the molecule is Brc1ccc2c(c1)OC1C=c3ccccc3=CC21. The number of halogens is 1. The van der Waals surface area contributed by atoms with Gasteiger partial charge in [0.15, 0.2) is 0 Å². The third kappa shape index (κ3) is 1.45. The Bertz CT molecular complexity index is 748. The van der Waals surface area contributed by atoms with Gasteiger partial charge < -0.3 is 4.74 Å². The van der Waals surface area contributed by atoms with Crippen molar-refractivity contribution in [3.8, 4) is 5.75 Å². The highest BCUT2D eigenvalue weighted by Crippen LogP contribution is 2.41. The van der Waals surface area contributed by atoms with Gasteiger partial charge in [0.25, 0.3) is 0 Å². The fraction of sp³-hybridized carbons (Fsp3) is 0.125. The zero-order chi connectivity index (χ0) is 12.1. The van der Waals surface area contributed by atoms with Gasteiger partial charge in [0.2, 0.25) is 0 Å². The maximum Gasteiger partial charge on any atom is 0.128 e. The van der Waals surface area contributed by atoms with E-state index in [1.165, 1.54) is 16.0 Å². The summed E-state index contributed by atoms with van der Waals surface area (Å²) in [5.74, 6) is 1.35. The van der Waals surface area contributed by atoms with Crippen molar-refractivity contribution >= 4 is 28.1 Å². The Hall–Kier alpha value is -1.54. The predicted molar refractivity (Wildman–Crippen MR) is 75.9 cm³/mol. The van der Waals surface area contributed by atoms with Crippen LogP contribution in [0.25, 0.3) is 12.2 Å². The second-order valence-electron chi connectivity index (χ2n) is 4.75.